The Labute approximate surface area is 194 Å². The van der Waals surface area contributed by atoms with Gasteiger partial charge in [-0.05, 0) is 54.6 Å². The van der Waals surface area contributed by atoms with Crippen LogP contribution >= 0.6 is 23.2 Å². The maximum absolute atomic E-state index is 12.4. The summed E-state index contributed by atoms with van der Waals surface area (Å²) >= 11 is 11.9. The zero-order valence-corrected chi connectivity index (χ0v) is 18.7. The fourth-order valence-corrected chi connectivity index (χ4v) is 3.22. The number of rotatable bonds is 7. The topological polar surface area (TPSA) is 89.0 Å². The van der Waals surface area contributed by atoms with Crippen LogP contribution in [0, 0.1) is 0 Å². The van der Waals surface area contributed by atoms with E-state index in [4.69, 9.17) is 32.7 Å². The van der Waals surface area contributed by atoms with Gasteiger partial charge in [0.2, 0.25) is 0 Å². The van der Waals surface area contributed by atoms with Gasteiger partial charge in [-0.3, -0.25) is 9.59 Å². The number of nitrogens with zero attached hydrogens (tertiary/aromatic N) is 1. The highest BCUT2D eigenvalue weighted by Gasteiger charge is 2.12. The molecular formula is C23H19Cl2N3O4. The molecule has 3 aromatic carbocycles. The van der Waals surface area contributed by atoms with E-state index < -0.39 is 5.91 Å². The molecule has 0 unspecified atom stereocenters. The van der Waals surface area contributed by atoms with Crippen LogP contribution in [0.15, 0.2) is 65.8 Å². The van der Waals surface area contributed by atoms with E-state index in [1.165, 1.54) is 25.5 Å². The second-order valence-electron chi connectivity index (χ2n) is 6.46. The molecule has 2 amide bonds. The van der Waals surface area contributed by atoms with Crippen molar-refractivity contribution in [3.63, 3.8) is 0 Å². The number of hydrogen-bond donors (Lipinski definition) is 2. The SMILES string of the molecule is COc1ccc(/C=N\NC(=O)c2ccc(NC(=O)c3ccc(Cl)cc3Cl)cc2)c(OC)c1. The number of carbonyl (C=O) groups excluding carboxylic acids is 2. The Balaban J connectivity index is 1.61. The smallest absolute Gasteiger partial charge is 0.271 e. The van der Waals surface area contributed by atoms with E-state index in [1.54, 1.807) is 55.6 Å². The maximum atomic E-state index is 12.4. The van der Waals surface area contributed by atoms with Gasteiger partial charge in [0.1, 0.15) is 11.5 Å². The lowest BCUT2D eigenvalue weighted by molar-refractivity contribution is 0.0954. The molecule has 0 aliphatic rings. The molecule has 0 atom stereocenters. The van der Waals surface area contributed by atoms with Gasteiger partial charge in [-0.15, -0.1) is 0 Å². The van der Waals surface area contributed by atoms with Gasteiger partial charge in [-0.1, -0.05) is 23.2 Å². The highest BCUT2D eigenvalue weighted by Crippen LogP contribution is 2.23. The third-order valence-corrected chi connectivity index (χ3v) is 4.94. The highest BCUT2D eigenvalue weighted by atomic mass is 35.5. The third kappa shape index (κ3) is 5.78. The zero-order chi connectivity index (χ0) is 23.1. The number of nitrogens with one attached hydrogen (secondary N) is 2. The van der Waals surface area contributed by atoms with Crippen molar-refractivity contribution in [1.82, 2.24) is 5.43 Å². The van der Waals surface area contributed by atoms with Crippen LogP contribution < -0.4 is 20.2 Å². The zero-order valence-electron chi connectivity index (χ0n) is 17.2. The fraction of sp³-hybridized carbons (Fsp3) is 0.0870. The number of hydrogen-bond acceptors (Lipinski definition) is 5. The van der Waals surface area contributed by atoms with E-state index in [-0.39, 0.29) is 10.9 Å². The van der Waals surface area contributed by atoms with Crippen molar-refractivity contribution in [2.75, 3.05) is 19.5 Å². The molecule has 0 aliphatic carbocycles. The molecule has 0 fully saturated rings. The van der Waals surface area contributed by atoms with Crippen molar-refractivity contribution in [3.8, 4) is 11.5 Å². The van der Waals surface area contributed by atoms with Crippen LogP contribution in [0.2, 0.25) is 10.0 Å². The summed E-state index contributed by atoms with van der Waals surface area (Å²) in [5.74, 6) is 0.408. The molecule has 0 aliphatic heterocycles. The first-order valence-corrected chi connectivity index (χ1v) is 10.1. The van der Waals surface area contributed by atoms with E-state index in [2.05, 4.69) is 15.8 Å². The predicted molar refractivity (Wildman–Crippen MR) is 125 cm³/mol. The van der Waals surface area contributed by atoms with Gasteiger partial charge in [0.15, 0.2) is 0 Å². The van der Waals surface area contributed by atoms with Gasteiger partial charge in [0, 0.05) is 27.9 Å². The predicted octanol–water partition coefficient (Wildman–Crippen LogP) is 5.03. The summed E-state index contributed by atoms with van der Waals surface area (Å²) in [7, 11) is 3.10. The summed E-state index contributed by atoms with van der Waals surface area (Å²) in [4.78, 5) is 24.7. The first kappa shape index (κ1) is 23.1. The quantitative estimate of drug-likeness (QED) is 0.373. The Morgan fingerprint density at radius 1 is 0.906 bits per heavy atom. The van der Waals surface area contributed by atoms with E-state index in [9.17, 15) is 9.59 Å². The Morgan fingerprint density at radius 2 is 1.66 bits per heavy atom. The molecule has 0 aromatic heterocycles. The van der Waals surface area contributed by atoms with E-state index in [1.807, 2.05) is 0 Å². The van der Waals surface area contributed by atoms with Gasteiger partial charge in [-0.2, -0.15) is 5.10 Å². The fourth-order valence-electron chi connectivity index (χ4n) is 2.73. The molecule has 0 heterocycles. The van der Waals surface area contributed by atoms with Crippen LogP contribution in [0.5, 0.6) is 11.5 Å². The summed E-state index contributed by atoms with van der Waals surface area (Å²) in [5, 5.41) is 7.38. The van der Waals surface area contributed by atoms with Gasteiger partial charge in [-0.25, -0.2) is 5.43 Å². The average molecular weight is 472 g/mol. The largest absolute Gasteiger partial charge is 0.497 e. The van der Waals surface area contributed by atoms with Crippen molar-refractivity contribution in [2.24, 2.45) is 5.10 Å². The number of halogens is 2. The molecular weight excluding hydrogens is 453 g/mol. The first-order valence-electron chi connectivity index (χ1n) is 9.33. The summed E-state index contributed by atoms with van der Waals surface area (Å²) in [6.45, 7) is 0. The number of anilines is 1. The van der Waals surface area contributed by atoms with Crippen molar-refractivity contribution in [1.29, 1.82) is 0 Å². The van der Waals surface area contributed by atoms with Crippen molar-refractivity contribution >= 4 is 46.9 Å². The van der Waals surface area contributed by atoms with Gasteiger partial charge in [0.05, 0.1) is 31.0 Å². The lowest BCUT2D eigenvalue weighted by Crippen LogP contribution is -2.18. The summed E-state index contributed by atoms with van der Waals surface area (Å²) in [6.07, 6.45) is 1.47. The number of carbonyl (C=O) groups is 2. The lowest BCUT2D eigenvalue weighted by Gasteiger charge is -2.08. The van der Waals surface area contributed by atoms with E-state index >= 15 is 0 Å². The Kier molecular flexibility index (Phi) is 7.70. The number of methoxy groups -OCH3 is 2. The monoisotopic (exact) mass is 471 g/mol. The third-order valence-electron chi connectivity index (χ3n) is 4.39. The molecule has 164 valence electrons. The lowest BCUT2D eigenvalue weighted by atomic mass is 10.1. The molecule has 0 saturated carbocycles. The van der Waals surface area contributed by atoms with Crippen LogP contribution in [0.3, 0.4) is 0 Å². The molecule has 0 spiro atoms. The number of hydrazone groups is 1. The molecule has 3 aromatic rings. The number of ether oxygens (including phenoxy) is 2. The molecule has 9 heteroatoms. The van der Waals surface area contributed by atoms with Gasteiger partial charge in [0.25, 0.3) is 11.8 Å². The molecule has 2 N–H and O–H groups in total. The van der Waals surface area contributed by atoms with E-state index in [0.29, 0.717) is 38.9 Å². The normalized spacial score (nSPS) is 10.6. The van der Waals surface area contributed by atoms with Crippen molar-refractivity contribution < 1.29 is 19.1 Å². The number of amides is 2. The molecule has 0 saturated heterocycles. The van der Waals surface area contributed by atoms with E-state index in [0.717, 1.165) is 0 Å². The molecule has 3 rings (SSSR count). The van der Waals surface area contributed by atoms with Crippen molar-refractivity contribution in [3.05, 3.63) is 87.4 Å². The second kappa shape index (κ2) is 10.7. The minimum absolute atomic E-state index is 0.248. The van der Waals surface area contributed by atoms with Crippen LogP contribution in [-0.2, 0) is 0 Å². The van der Waals surface area contributed by atoms with Crippen LogP contribution in [0.4, 0.5) is 5.69 Å². The Morgan fingerprint density at radius 3 is 2.31 bits per heavy atom. The van der Waals surface area contributed by atoms with Crippen LogP contribution in [-0.4, -0.2) is 32.2 Å². The first-order chi connectivity index (χ1) is 15.4. The van der Waals surface area contributed by atoms with Gasteiger partial charge >= 0.3 is 0 Å². The van der Waals surface area contributed by atoms with Crippen LogP contribution in [0.1, 0.15) is 26.3 Å². The summed E-state index contributed by atoms with van der Waals surface area (Å²) < 4.78 is 10.4. The molecule has 0 radical (unpaired) electrons. The summed E-state index contributed by atoms with van der Waals surface area (Å²) in [6, 6.07) is 16.2. The standard InChI is InChI=1S/C23H19Cl2N3O4/c1-31-18-9-5-15(21(12-18)32-2)13-26-28-22(29)14-3-7-17(8-4-14)27-23(30)19-10-6-16(24)11-20(19)25/h3-13H,1-2H3,(H,27,30)(H,28,29)/b26-13-. The molecule has 7 nitrogen and oxygen atoms in total. The number of benzene rings is 3. The Bertz CT molecular complexity index is 1160. The van der Waals surface area contributed by atoms with Crippen molar-refractivity contribution in [2.45, 2.75) is 0 Å². The molecule has 0 bridgehead atoms. The second-order valence-corrected chi connectivity index (χ2v) is 7.31. The van der Waals surface area contributed by atoms with Gasteiger partial charge < -0.3 is 14.8 Å². The summed E-state index contributed by atoms with van der Waals surface area (Å²) in [5.41, 5.74) is 4.29. The molecule has 32 heavy (non-hydrogen) atoms. The maximum Gasteiger partial charge on any atom is 0.271 e. The van der Waals surface area contributed by atoms with Crippen LogP contribution in [0.25, 0.3) is 0 Å². The Hall–Kier alpha value is -3.55. The average Bonchev–Trinajstić information content (AvgIpc) is 2.79. The highest BCUT2D eigenvalue weighted by molar-refractivity contribution is 6.37. The minimum Gasteiger partial charge on any atom is -0.497 e. The minimum atomic E-state index is -0.410.